The Bertz CT molecular complexity index is 389. The van der Waals surface area contributed by atoms with Crippen molar-refractivity contribution in [3.63, 3.8) is 0 Å². The van der Waals surface area contributed by atoms with Crippen molar-refractivity contribution < 1.29 is 0 Å². The Kier molecular flexibility index (Phi) is 3.59. The predicted molar refractivity (Wildman–Crippen MR) is 65.0 cm³/mol. The molecule has 0 aromatic carbocycles. The van der Waals surface area contributed by atoms with Gasteiger partial charge in [-0.15, -0.1) is 11.3 Å². The standard InChI is InChI=1S/C12H16N2S/c1-2-11-5-6-12(15-11)9-13-8-10-4-3-7-14-10/h3-7,13-14H,2,8-9H2,1H3. The van der Waals surface area contributed by atoms with Crippen LogP contribution < -0.4 is 5.32 Å². The van der Waals surface area contributed by atoms with E-state index in [0.717, 1.165) is 19.5 Å². The highest BCUT2D eigenvalue weighted by Crippen LogP contribution is 2.16. The Morgan fingerprint density at radius 1 is 1.20 bits per heavy atom. The first-order valence-corrected chi connectivity index (χ1v) is 6.10. The third kappa shape index (κ3) is 2.94. The third-order valence-electron chi connectivity index (χ3n) is 2.34. The summed E-state index contributed by atoms with van der Waals surface area (Å²) < 4.78 is 0. The monoisotopic (exact) mass is 220 g/mol. The molecule has 2 heterocycles. The van der Waals surface area contributed by atoms with Gasteiger partial charge in [0.05, 0.1) is 0 Å². The minimum Gasteiger partial charge on any atom is -0.364 e. The molecule has 0 bridgehead atoms. The number of H-pyrrole nitrogens is 1. The summed E-state index contributed by atoms with van der Waals surface area (Å²) in [4.78, 5) is 6.06. The average Bonchev–Trinajstić information content (AvgIpc) is 2.88. The molecule has 2 rings (SSSR count). The lowest BCUT2D eigenvalue weighted by Gasteiger charge is -2.00. The summed E-state index contributed by atoms with van der Waals surface area (Å²) in [5.74, 6) is 0. The van der Waals surface area contributed by atoms with Crippen molar-refractivity contribution >= 4 is 11.3 Å². The molecular formula is C12H16N2S. The molecule has 2 N–H and O–H groups in total. The van der Waals surface area contributed by atoms with Crippen LogP contribution in [-0.4, -0.2) is 4.98 Å². The van der Waals surface area contributed by atoms with Gasteiger partial charge in [-0.3, -0.25) is 0 Å². The summed E-state index contributed by atoms with van der Waals surface area (Å²) in [6, 6.07) is 8.55. The molecule has 0 amide bonds. The first kappa shape index (κ1) is 10.5. The van der Waals surface area contributed by atoms with Gasteiger partial charge in [-0.2, -0.15) is 0 Å². The number of hydrogen-bond donors (Lipinski definition) is 2. The molecule has 3 heteroatoms. The van der Waals surface area contributed by atoms with Gasteiger partial charge < -0.3 is 10.3 Å². The maximum atomic E-state index is 3.42. The Morgan fingerprint density at radius 2 is 2.07 bits per heavy atom. The molecule has 2 nitrogen and oxygen atoms in total. The minimum atomic E-state index is 0.909. The molecule has 80 valence electrons. The zero-order chi connectivity index (χ0) is 10.5. The highest BCUT2D eigenvalue weighted by Gasteiger charge is 1.98. The fourth-order valence-corrected chi connectivity index (χ4v) is 2.43. The van der Waals surface area contributed by atoms with Crippen molar-refractivity contribution in [1.82, 2.24) is 10.3 Å². The lowest BCUT2D eigenvalue weighted by Crippen LogP contribution is -2.11. The summed E-state index contributed by atoms with van der Waals surface area (Å²) in [7, 11) is 0. The van der Waals surface area contributed by atoms with Crippen LogP contribution in [0.3, 0.4) is 0 Å². The predicted octanol–water partition coefficient (Wildman–Crippen LogP) is 2.93. The highest BCUT2D eigenvalue weighted by molar-refractivity contribution is 7.11. The van der Waals surface area contributed by atoms with Crippen molar-refractivity contribution in [2.45, 2.75) is 26.4 Å². The number of nitrogens with one attached hydrogen (secondary N) is 2. The van der Waals surface area contributed by atoms with Crippen LogP contribution >= 0.6 is 11.3 Å². The maximum Gasteiger partial charge on any atom is 0.0360 e. The van der Waals surface area contributed by atoms with E-state index < -0.39 is 0 Å². The molecule has 0 saturated heterocycles. The Labute approximate surface area is 94.3 Å². The molecule has 2 aromatic rings. The van der Waals surface area contributed by atoms with Crippen molar-refractivity contribution in [2.24, 2.45) is 0 Å². The lowest BCUT2D eigenvalue weighted by atomic mass is 10.3. The molecule has 0 unspecified atom stereocenters. The number of aromatic amines is 1. The Morgan fingerprint density at radius 3 is 2.73 bits per heavy atom. The molecule has 0 spiro atoms. The maximum absolute atomic E-state index is 3.42. The second-order valence-electron chi connectivity index (χ2n) is 3.52. The number of aryl methyl sites for hydroxylation is 1. The van der Waals surface area contributed by atoms with Crippen LogP contribution in [0.1, 0.15) is 22.4 Å². The Balaban J connectivity index is 1.78. The van der Waals surface area contributed by atoms with E-state index in [4.69, 9.17) is 0 Å². The molecular weight excluding hydrogens is 204 g/mol. The van der Waals surface area contributed by atoms with Gasteiger partial charge in [-0.25, -0.2) is 0 Å². The molecule has 0 aliphatic carbocycles. The average molecular weight is 220 g/mol. The SMILES string of the molecule is CCc1ccc(CNCc2ccc[nH]2)s1. The number of thiophene rings is 1. The van der Waals surface area contributed by atoms with E-state index in [1.54, 1.807) is 0 Å². The van der Waals surface area contributed by atoms with Gasteiger partial charge in [0, 0.05) is 34.7 Å². The minimum absolute atomic E-state index is 0.909. The summed E-state index contributed by atoms with van der Waals surface area (Å²) in [5, 5.41) is 3.42. The molecule has 0 radical (unpaired) electrons. The number of hydrogen-bond acceptors (Lipinski definition) is 2. The second kappa shape index (κ2) is 5.14. The van der Waals surface area contributed by atoms with E-state index >= 15 is 0 Å². The van der Waals surface area contributed by atoms with Gasteiger partial charge in [-0.05, 0) is 30.7 Å². The van der Waals surface area contributed by atoms with Gasteiger partial charge in [0.2, 0.25) is 0 Å². The van der Waals surface area contributed by atoms with Gasteiger partial charge in [-0.1, -0.05) is 6.92 Å². The van der Waals surface area contributed by atoms with Gasteiger partial charge >= 0.3 is 0 Å². The van der Waals surface area contributed by atoms with Gasteiger partial charge in [0.25, 0.3) is 0 Å². The molecule has 0 aliphatic rings. The quantitative estimate of drug-likeness (QED) is 0.796. The smallest absolute Gasteiger partial charge is 0.0360 e. The fraction of sp³-hybridized carbons (Fsp3) is 0.333. The second-order valence-corrected chi connectivity index (χ2v) is 4.77. The van der Waals surface area contributed by atoms with Crippen LogP contribution in [0.15, 0.2) is 30.5 Å². The van der Waals surface area contributed by atoms with Crippen molar-refractivity contribution in [2.75, 3.05) is 0 Å². The normalized spacial score (nSPS) is 10.7. The van der Waals surface area contributed by atoms with E-state index in [0.29, 0.717) is 0 Å². The van der Waals surface area contributed by atoms with E-state index in [9.17, 15) is 0 Å². The summed E-state index contributed by atoms with van der Waals surface area (Å²) >= 11 is 1.90. The summed E-state index contributed by atoms with van der Waals surface area (Å²) in [6.45, 7) is 4.07. The molecule has 0 aliphatic heterocycles. The van der Waals surface area contributed by atoms with E-state index in [1.165, 1.54) is 15.4 Å². The van der Waals surface area contributed by atoms with Crippen LogP contribution in [-0.2, 0) is 19.5 Å². The topological polar surface area (TPSA) is 27.8 Å². The van der Waals surface area contributed by atoms with Crippen LogP contribution in [0.4, 0.5) is 0 Å². The summed E-state index contributed by atoms with van der Waals surface area (Å²) in [5.41, 5.74) is 1.24. The van der Waals surface area contributed by atoms with Crippen molar-refractivity contribution in [3.05, 3.63) is 45.9 Å². The number of aromatic nitrogens is 1. The van der Waals surface area contributed by atoms with Gasteiger partial charge in [0.1, 0.15) is 0 Å². The lowest BCUT2D eigenvalue weighted by molar-refractivity contribution is 0.689. The molecule has 15 heavy (non-hydrogen) atoms. The highest BCUT2D eigenvalue weighted by atomic mass is 32.1. The van der Waals surface area contributed by atoms with Crippen molar-refractivity contribution in [1.29, 1.82) is 0 Å². The van der Waals surface area contributed by atoms with Crippen molar-refractivity contribution in [3.8, 4) is 0 Å². The Hall–Kier alpha value is -1.06. The third-order valence-corrected chi connectivity index (χ3v) is 3.57. The van der Waals surface area contributed by atoms with Crippen LogP contribution in [0.5, 0.6) is 0 Å². The fourth-order valence-electron chi connectivity index (χ4n) is 1.51. The zero-order valence-corrected chi connectivity index (χ0v) is 9.73. The number of rotatable bonds is 5. The van der Waals surface area contributed by atoms with Crippen LogP contribution in [0, 0.1) is 0 Å². The molecule has 2 aromatic heterocycles. The van der Waals surface area contributed by atoms with Crippen LogP contribution in [0.25, 0.3) is 0 Å². The van der Waals surface area contributed by atoms with Crippen LogP contribution in [0.2, 0.25) is 0 Å². The summed E-state index contributed by atoms with van der Waals surface area (Å²) in [6.07, 6.45) is 3.10. The molecule has 0 atom stereocenters. The largest absolute Gasteiger partial charge is 0.364 e. The molecule has 0 saturated carbocycles. The van der Waals surface area contributed by atoms with Gasteiger partial charge in [0.15, 0.2) is 0 Å². The van der Waals surface area contributed by atoms with E-state index in [1.807, 2.05) is 23.6 Å². The first-order chi connectivity index (χ1) is 7.38. The molecule has 0 fully saturated rings. The first-order valence-electron chi connectivity index (χ1n) is 5.29. The van der Waals surface area contributed by atoms with E-state index in [2.05, 4.69) is 35.4 Å². The zero-order valence-electron chi connectivity index (χ0n) is 8.92. The van der Waals surface area contributed by atoms with E-state index in [-0.39, 0.29) is 0 Å².